The molecule has 2 heterocycles. The first kappa shape index (κ1) is 20.0. The Labute approximate surface area is 174 Å². The maximum atomic E-state index is 13.6. The van der Waals surface area contributed by atoms with Gasteiger partial charge in [-0.1, -0.05) is 23.7 Å². The lowest BCUT2D eigenvalue weighted by atomic mass is 9.74. The molecule has 31 heavy (non-hydrogen) atoms. The number of amides is 1. The Morgan fingerprint density at radius 1 is 1.26 bits per heavy atom. The molecule has 164 valence electrons. The molecule has 2 aromatic heterocycles. The molecule has 10 heteroatoms. The van der Waals surface area contributed by atoms with E-state index in [2.05, 4.69) is 15.6 Å². The molecular formula is C21H20F4N4O2. The molecule has 2 saturated carbocycles. The van der Waals surface area contributed by atoms with E-state index in [-0.39, 0.29) is 11.7 Å². The number of aromatic nitrogens is 3. The Morgan fingerprint density at radius 2 is 2.00 bits per heavy atom. The molecular weight excluding hydrogens is 416 g/mol. The van der Waals surface area contributed by atoms with Gasteiger partial charge in [-0.25, -0.2) is 0 Å². The number of carbonyl (C=O) groups excluding carboxylic acids is 1. The largest absolute Gasteiger partial charge is 0.356 e. The van der Waals surface area contributed by atoms with Gasteiger partial charge in [-0.05, 0) is 30.9 Å². The van der Waals surface area contributed by atoms with Crippen LogP contribution in [0.4, 0.5) is 23.4 Å². The number of rotatable bonds is 5. The molecule has 0 bridgehead atoms. The summed E-state index contributed by atoms with van der Waals surface area (Å²) in [5.74, 6) is -10.3. The number of nitrogens with zero attached hydrogens (tertiary/aromatic N) is 3. The molecule has 0 saturated heterocycles. The average Bonchev–Trinajstić information content (AvgIpc) is 3.21. The van der Waals surface area contributed by atoms with E-state index in [4.69, 9.17) is 4.52 Å². The Balaban J connectivity index is 1.46. The van der Waals surface area contributed by atoms with Crippen molar-refractivity contribution in [2.45, 2.75) is 49.9 Å². The first-order valence-corrected chi connectivity index (χ1v) is 10.2. The summed E-state index contributed by atoms with van der Waals surface area (Å²) in [6.07, 6.45) is 1.12. The van der Waals surface area contributed by atoms with Gasteiger partial charge in [0.1, 0.15) is 5.69 Å². The summed E-state index contributed by atoms with van der Waals surface area (Å²) >= 11 is 0. The number of halogens is 4. The van der Waals surface area contributed by atoms with E-state index >= 15 is 0 Å². The highest BCUT2D eigenvalue weighted by molar-refractivity contribution is 5.95. The van der Waals surface area contributed by atoms with Crippen LogP contribution < -0.4 is 5.32 Å². The maximum absolute atomic E-state index is 13.6. The number of anilines is 1. The van der Waals surface area contributed by atoms with Crippen LogP contribution in [0, 0.1) is 5.92 Å². The van der Waals surface area contributed by atoms with Crippen LogP contribution in [0.3, 0.4) is 0 Å². The summed E-state index contributed by atoms with van der Waals surface area (Å²) in [7, 11) is 1.71. The van der Waals surface area contributed by atoms with Crippen LogP contribution in [0.25, 0.3) is 22.4 Å². The highest BCUT2D eigenvalue weighted by Crippen LogP contribution is 2.56. The molecule has 6 nitrogen and oxygen atoms in total. The third kappa shape index (κ3) is 3.02. The SMILES string of the molecule is Cn1nc(NC(=O)C[C@@H]2CC(F)(F)C2(F)F)c(C2CCC2)c1-c1noc2ccccc12. The second-order valence-corrected chi connectivity index (χ2v) is 8.37. The van der Waals surface area contributed by atoms with Gasteiger partial charge in [-0.3, -0.25) is 9.48 Å². The predicted molar refractivity (Wildman–Crippen MR) is 104 cm³/mol. The van der Waals surface area contributed by atoms with E-state index in [1.165, 1.54) is 0 Å². The van der Waals surface area contributed by atoms with E-state index in [0.29, 0.717) is 17.0 Å². The first-order valence-electron chi connectivity index (χ1n) is 10.2. The molecule has 1 amide bonds. The monoisotopic (exact) mass is 436 g/mol. The Kier molecular flexibility index (Phi) is 4.39. The van der Waals surface area contributed by atoms with E-state index in [9.17, 15) is 22.4 Å². The lowest BCUT2D eigenvalue weighted by Crippen LogP contribution is -2.59. The summed E-state index contributed by atoms with van der Waals surface area (Å²) in [6, 6.07) is 7.36. The lowest BCUT2D eigenvalue weighted by molar-refractivity contribution is -0.313. The van der Waals surface area contributed by atoms with Crippen molar-refractivity contribution in [1.82, 2.24) is 14.9 Å². The lowest BCUT2D eigenvalue weighted by Gasteiger charge is -2.43. The van der Waals surface area contributed by atoms with Gasteiger partial charge in [-0.2, -0.15) is 22.7 Å². The Bertz CT molecular complexity index is 1170. The van der Waals surface area contributed by atoms with Gasteiger partial charge in [0, 0.05) is 31.4 Å². The standard InChI is InChI=1S/C21H20F4N4O2/c1-29-18(17-13-7-2-3-8-14(13)31-28-17)16(11-5-4-6-11)19(27-29)26-15(30)9-12-10-20(22,23)21(12,24)25/h2-3,7-8,11-12H,4-6,9-10H2,1H3,(H,26,27,30)/t12-/m1/s1. The van der Waals surface area contributed by atoms with Crippen LogP contribution in [0.15, 0.2) is 28.8 Å². The van der Waals surface area contributed by atoms with Gasteiger partial charge in [-0.15, -0.1) is 0 Å². The molecule has 2 aliphatic rings. The zero-order valence-corrected chi connectivity index (χ0v) is 16.7. The average molecular weight is 436 g/mol. The topological polar surface area (TPSA) is 73.0 Å². The number of carbonyl (C=O) groups is 1. The molecule has 2 fully saturated rings. The summed E-state index contributed by atoms with van der Waals surface area (Å²) in [5, 5.41) is 12.0. The molecule has 0 unspecified atom stereocenters. The van der Waals surface area contributed by atoms with Gasteiger partial charge in [0.25, 0.3) is 0 Å². The van der Waals surface area contributed by atoms with Crippen molar-refractivity contribution in [3.63, 3.8) is 0 Å². The summed E-state index contributed by atoms with van der Waals surface area (Å²) in [4.78, 5) is 12.4. The van der Waals surface area contributed by atoms with Crippen molar-refractivity contribution in [1.29, 1.82) is 0 Å². The molecule has 1 aromatic carbocycles. The molecule has 5 rings (SSSR count). The van der Waals surface area contributed by atoms with E-state index in [1.807, 2.05) is 18.2 Å². The quantitative estimate of drug-likeness (QED) is 0.564. The fraction of sp³-hybridized carbons (Fsp3) is 0.476. The summed E-state index contributed by atoms with van der Waals surface area (Å²) < 4.78 is 60.4. The van der Waals surface area contributed by atoms with E-state index in [0.717, 1.165) is 30.2 Å². The number of fused-ring (bicyclic) bond motifs is 1. The highest BCUT2D eigenvalue weighted by atomic mass is 19.3. The molecule has 1 atom stereocenters. The van der Waals surface area contributed by atoms with Crippen LogP contribution in [-0.4, -0.2) is 32.7 Å². The van der Waals surface area contributed by atoms with Crippen molar-refractivity contribution >= 4 is 22.7 Å². The van der Waals surface area contributed by atoms with Crippen molar-refractivity contribution in [2.24, 2.45) is 13.0 Å². The second-order valence-electron chi connectivity index (χ2n) is 8.37. The molecule has 3 aromatic rings. The van der Waals surface area contributed by atoms with Crippen LogP contribution in [0.5, 0.6) is 0 Å². The van der Waals surface area contributed by atoms with Gasteiger partial charge in [0.05, 0.1) is 11.1 Å². The molecule has 2 aliphatic carbocycles. The highest BCUT2D eigenvalue weighted by Gasteiger charge is 2.71. The molecule has 0 aliphatic heterocycles. The minimum Gasteiger partial charge on any atom is -0.356 e. The fourth-order valence-corrected chi connectivity index (χ4v) is 4.40. The molecule has 0 spiro atoms. The third-order valence-corrected chi connectivity index (χ3v) is 6.39. The number of hydrogen-bond acceptors (Lipinski definition) is 4. The fourth-order valence-electron chi connectivity index (χ4n) is 4.40. The van der Waals surface area contributed by atoms with Crippen molar-refractivity contribution in [3.8, 4) is 11.4 Å². The summed E-state index contributed by atoms with van der Waals surface area (Å²) in [6.45, 7) is 0. The van der Waals surface area contributed by atoms with Crippen LogP contribution in [0.2, 0.25) is 0 Å². The Hall–Kier alpha value is -2.91. The van der Waals surface area contributed by atoms with Crippen molar-refractivity contribution in [3.05, 3.63) is 29.8 Å². The normalized spacial score (nSPS) is 22.2. The van der Waals surface area contributed by atoms with Gasteiger partial charge < -0.3 is 9.84 Å². The number of nitrogens with one attached hydrogen (secondary N) is 1. The number of para-hydroxylation sites is 1. The van der Waals surface area contributed by atoms with E-state index in [1.54, 1.807) is 17.8 Å². The number of hydrogen-bond donors (Lipinski definition) is 1. The zero-order chi connectivity index (χ0) is 22.0. The molecule has 1 N–H and O–H groups in total. The van der Waals surface area contributed by atoms with Crippen LogP contribution in [-0.2, 0) is 11.8 Å². The predicted octanol–water partition coefficient (Wildman–Crippen LogP) is 5.11. The third-order valence-electron chi connectivity index (χ3n) is 6.39. The van der Waals surface area contributed by atoms with Gasteiger partial charge in [0.2, 0.25) is 5.91 Å². The van der Waals surface area contributed by atoms with Crippen LogP contribution >= 0.6 is 0 Å². The Morgan fingerprint density at radius 3 is 2.65 bits per heavy atom. The smallest absolute Gasteiger partial charge is 0.313 e. The van der Waals surface area contributed by atoms with Gasteiger partial charge in [0.15, 0.2) is 11.4 Å². The minimum absolute atomic E-state index is 0.129. The summed E-state index contributed by atoms with van der Waals surface area (Å²) in [5.41, 5.74) is 2.65. The van der Waals surface area contributed by atoms with Crippen molar-refractivity contribution < 1.29 is 26.9 Å². The van der Waals surface area contributed by atoms with Crippen molar-refractivity contribution in [2.75, 3.05) is 5.32 Å². The zero-order valence-electron chi connectivity index (χ0n) is 16.7. The van der Waals surface area contributed by atoms with Crippen LogP contribution in [0.1, 0.15) is 43.6 Å². The second kappa shape index (κ2) is 6.80. The minimum atomic E-state index is -4.17. The van der Waals surface area contributed by atoms with E-state index < -0.39 is 36.5 Å². The first-order chi connectivity index (χ1) is 14.7. The number of alkyl halides is 4. The maximum Gasteiger partial charge on any atom is 0.313 e. The van der Waals surface area contributed by atoms with Gasteiger partial charge >= 0.3 is 11.8 Å². The molecule has 0 radical (unpaired) electrons. The number of aryl methyl sites for hydroxylation is 1. The number of benzene rings is 1.